The number of nitrogens with two attached hydrogens (primary N) is 1. The second-order valence-electron chi connectivity index (χ2n) is 2.53. The molecular weight excluding hydrogens is 170 g/mol. The molecule has 4 heteroatoms. The summed E-state index contributed by atoms with van der Waals surface area (Å²) in [5.41, 5.74) is 5.76. The molecule has 0 aliphatic heterocycles. The van der Waals surface area contributed by atoms with Gasteiger partial charge in [0, 0.05) is 18.0 Å². The van der Waals surface area contributed by atoms with Crippen molar-refractivity contribution in [2.75, 3.05) is 5.75 Å². The fourth-order valence-electron chi connectivity index (χ4n) is 0.674. The molecule has 1 aromatic rings. The Morgan fingerprint density at radius 1 is 1.67 bits per heavy atom. The van der Waals surface area contributed by atoms with E-state index < -0.39 is 0 Å². The van der Waals surface area contributed by atoms with Crippen molar-refractivity contribution in [3.05, 3.63) is 18.6 Å². The first-order valence-corrected chi connectivity index (χ1v) is 4.96. The molecule has 0 aromatic carbocycles. The van der Waals surface area contributed by atoms with E-state index in [2.05, 4.69) is 16.9 Å². The van der Waals surface area contributed by atoms with Gasteiger partial charge in [-0.15, -0.1) is 11.8 Å². The average Bonchev–Trinajstić information content (AvgIpc) is 2.16. The molecule has 1 atom stereocenters. The van der Waals surface area contributed by atoms with Crippen LogP contribution in [0.2, 0.25) is 0 Å². The summed E-state index contributed by atoms with van der Waals surface area (Å²) in [5.74, 6) is 0.924. The maximum Gasteiger partial charge on any atom is 0.116 e. The van der Waals surface area contributed by atoms with Crippen LogP contribution < -0.4 is 5.73 Å². The van der Waals surface area contributed by atoms with Gasteiger partial charge in [-0.3, -0.25) is 0 Å². The number of hydrogen-bond acceptors (Lipinski definition) is 4. The van der Waals surface area contributed by atoms with Gasteiger partial charge in [0.1, 0.15) is 6.33 Å². The van der Waals surface area contributed by atoms with Crippen molar-refractivity contribution in [3.63, 3.8) is 0 Å². The number of aromatic nitrogens is 2. The standard InChI is InChI=1S/C8H13N3S/c1-2-7(9)5-12-8-3-4-10-6-11-8/h3-4,6-7H,2,5,9H2,1H3. The van der Waals surface area contributed by atoms with Crippen molar-refractivity contribution in [1.82, 2.24) is 9.97 Å². The molecule has 0 fully saturated rings. The number of thioether (sulfide) groups is 1. The number of nitrogens with zero attached hydrogens (tertiary/aromatic N) is 2. The third kappa shape index (κ3) is 3.19. The SMILES string of the molecule is CCC(N)CSc1ccncn1. The normalized spacial score (nSPS) is 12.8. The molecule has 0 bridgehead atoms. The molecule has 0 aliphatic carbocycles. The molecule has 1 heterocycles. The Hall–Kier alpha value is -0.610. The summed E-state index contributed by atoms with van der Waals surface area (Å²) in [6.45, 7) is 2.09. The van der Waals surface area contributed by atoms with Gasteiger partial charge >= 0.3 is 0 Å². The van der Waals surface area contributed by atoms with Crippen LogP contribution in [0.5, 0.6) is 0 Å². The lowest BCUT2D eigenvalue weighted by Crippen LogP contribution is -2.21. The highest BCUT2D eigenvalue weighted by molar-refractivity contribution is 7.99. The Morgan fingerprint density at radius 3 is 3.08 bits per heavy atom. The fraction of sp³-hybridized carbons (Fsp3) is 0.500. The van der Waals surface area contributed by atoms with E-state index >= 15 is 0 Å². The van der Waals surface area contributed by atoms with E-state index in [9.17, 15) is 0 Å². The lowest BCUT2D eigenvalue weighted by Gasteiger charge is -2.06. The highest BCUT2D eigenvalue weighted by Gasteiger charge is 2.00. The Labute approximate surface area is 76.8 Å². The smallest absolute Gasteiger partial charge is 0.116 e. The molecule has 1 rings (SSSR count). The molecule has 3 nitrogen and oxygen atoms in total. The minimum atomic E-state index is 0.268. The van der Waals surface area contributed by atoms with E-state index in [-0.39, 0.29) is 6.04 Å². The van der Waals surface area contributed by atoms with E-state index in [1.54, 1.807) is 24.3 Å². The van der Waals surface area contributed by atoms with Crippen molar-refractivity contribution in [2.45, 2.75) is 24.4 Å². The van der Waals surface area contributed by atoms with Crippen LogP contribution in [0.1, 0.15) is 13.3 Å². The predicted molar refractivity (Wildman–Crippen MR) is 51.0 cm³/mol. The Balaban J connectivity index is 2.33. The Kier molecular flexibility index (Phi) is 4.04. The first kappa shape index (κ1) is 9.48. The summed E-state index contributed by atoms with van der Waals surface area (Å²) in [7, 11) is 0. The molecule has 2 N–H and O–H groups in total. The van der Waals surface area contributed by atoms with Crippen LogP contribution in [0.25, 0.3) is 0 Å². The van der Waals surface area contributed by atoms with Crippen LogP contribution in [0.3, 0.4) is 0 Å². The Morgan fingerprint density at radius 2 is 2.50 bits per heavy atom. The highest BCUT2D eigenvalue weighted by Crippen LogP contribution is 2.14. The van der Waals surface area contributed by atoms with E-state index in [1.165, 1.54) is 0 Å². The molecule has 12 heavy (non-hydrogen) atoms. The first-order chi connectivity index (χ1) is 5.83. The van der Waals surface area contributed by atoms with Crippen molar-refractivity contribution in [2.24, 2.45) is 5.73 Å². The summed E-state index contributed by atoms with van der Waals surface area (Å²) < 4.78 is 0. The highest BCUT2D eigenvalue weighted by atomic mass is 32.2. The summed E-state index contributed by atoms with van der Waals surface area (Å²) >= 11 is 1.68. The minimum absolute atomic E-state index is 0.268. The molecule has 0 spiro atoms. The monoisotopic (exact) mass is 183 g/mol. The molecule has 0 amide bonds. The molecule has 0 radical (unpaired) electrons. The number of rotatable bonds is 4. The van der Waals surface area contributed by atoms with Gasteiger partial charge in [-0.2, -0.15) is 0 Å². The van der Waals surface area contributed by atoms with Gasteiger partial charge in [-0.05, 0) is 12.5 Å². The summed E-state index contributed by atoms with van der Waals surface area (Å²) in [5, 5.41) is 0.994. The maximum absolute atomic E-state index is 5.76. The van der Waals surface area contributed by atoms with Crippen molar-refractivity contribution in [1.29, 1.82) is 0 Å². The fourth-order valence-corrected chi connectivity index (χ4v) is 1.57. The van der Waals surface area contributed by atoms with Gasteiger partial charge in [0.2, 0.25) is 0 Å². The van der Waals surface area contributed by atoms with Gasteiger partial charge in [0.05, 0.1) is 5.03 Å². The third-order valence-electron chi connectivity index (χ3n) is 1.52. The second kappa shape index (κ2) is 5.11. The average molecular weight is 183 g/mol. The van der Waals surface area contributed by atoms with Crippen LogP contribution in [-0.4, -0.2) is 21.8 Å². The van der Waals surface area contributed by atoms with Gasteiger partial charge in [0.15, 0.2) is 0 Å². The summed E-state index contributed by atoms with van der Waals surface area (Å²) in [6, 6.07) is 2.16. The molecule has 0 saturated heterocycles. The van der Waals surface area contributed by atoms with Crippen molar-refractivity contribution in [3.8, 4) is 0 Å². The van der Waals surface area contributed by atoms with E-state index in [1.807, 2.05) is 6.07 Å². The third-order valence-corrected chi connectivity index (χ3v) is 2.66. The van der Waals surface area contributed by atoms with Crippen molar-refractivity contribution >= 4 is 11.8 Å². The van der Waals surface area contributed by atoms with Gasteiger partial charge in [-0.25, -0.2) is 9.97 Å². The molecule has 1 aromatic heterocycles. The zero-order valence-electron chi connectivity index (χ0n) is 7.10. The van der Waals surface area contributed by atoms with Crippen LogP contribution in [0.15, 0.2) is 23.6 Å². The predicted octanol–water partition coefficient (Wildman–Crippen LogP) is 1.31. The topological polar surface area (TPSA) is 51.8 Å². The molecule has 1 unspecified atom stereocenters. The largest absolute Gasteiger partial charge is 0.327 e. The van der Waals surface area contributed by atoms with Crippen LogP contribution >= 0.6 is 11.8 Å². The lowest BCUT2D eigenvalue weighted by molar-refractivity contribution is 0.724. The maximum atomic E-state index is 5.76. The van der Waals surface area contributed by atoms with E-state index in [0.29, 0.717) is 0 Å². The lowest BCUT2D eigenvalue weighted by atomic mass is 10.3. The van der Waals surface area contributed by atoms with Crippen LogP contribution in [-0.2, 0) is 0 Å². The van der Waals surface area contributed by atoms with E-state index in [0.717, 1.165) is 17.2 Å². The van der Waals surface area contributed by atoms with Gasteiger partial charge in [0.25, 0.3) is 0 Å². The minimum Gasteiger partial charge on any atom is -0.327 e. The van der Waals surface area contributed by atoms with Crippen molar-refractivity contribution < 1.29 is 0 Å². The molecule has 0 saturated carbocycles. The quantitative estimate of drug-likeness (QED) is 0.565. The zero-order chi connectivity index (χ0) is 8.81. The zero-order valence-corrected chi connectivity index (χ0v) is 7.92. The van der Waals surface area contributed by atoms with Gasteiger partial charge < -0.3 is 5.73 Å². The van der Waals surface area contributed by atoms with E-state index in [4.69, 9.17) is 5.73 Å². The Bertz CT molecular complexity index is 215. The molecule has 0 aliphatic rings. The number of hydrogen-bond donors (Lipinski definition) is 1. The summed E-state index contributed by atoms with van der Waals surface area (Å²) in [6.07, 6.45) is 4.31. The van der Waals surface area contributed by atoms with Crippen LogP contribution in [0, 0.1) is 0 Å². The second-order valence-corrected chi connectivity index (χ2v) is 3.57. The van der Waals surface area contributed by atoms with Crippen LogP contribution in [0.4, 0.5) is 0 Å². The first-order valence-electron chi connectivity index (χ1n) is 3.97. The molecule has 66 valence electrons. The van der Waals surface area contributed by atoms with Gasteiger partial charge in [-0.1, -0.05) is 6.92 Å². The molecular formula is C8H13N3S. The summed E-state index contributed by atoms with van der Waals surface area (Å²) in [4.78, 5) is 7.92.